The third-order valence-electron chi connectivity index (χ3n) is 2.59. The number of hydrogen-bond acceptors (Lipinski definition) is 1. The van der Waals surface area contributed by atoms with Gasteiger partial charge in [-0.05, 0) is 48.1 Å². The summed E-state index contributed by atoms with van der Waals surface area (Å²) in [6.45, 7) is 0. The van der Waals surface area contributed by atoms with Crippen molar-refractivity contribution in [3.05, 3.63) is 44.8 Å². The Kier molecular flexibility index (Phi) is 2.62. The van der Waals surface area contributed by atoms with Crippen molar-refractivity contribution in [3.63, 3.8) is 0 Å². The lowest BCUT2D eigenvalue weighted by Gasteiger charge is -2.20. The van der Waals surface area contributed by atoms with Gasteiger partial charge in [0, 0.05) is 16.0 Å². The van der Waals surface area contributed by atoms with Crippen LogP contribution in [0.3, 0.4) is 0 Å². The first-order valence-corrected chi connectivity index (χ1v) is 4.99. The second-order valence-electron chi connectivity index (χ2n) is 3.51. The molecule has 0 aliphatic heterocycles. The highest BCUT2D eigenvalue weighted by molar-refractivity contribution is 6.30. The second-order valence-corrected chi connectivity index (χ2v) is 3.95. The largest absolute Gasteiger partial charge is 0.0903 e. The minimum absolute atomic E-state index is 0.119. The first-order chi connectivity index (χ1) is 6.79. The molecule has 72 valence electrons. The molecule has 4 heteroatoms. The summed E-state index contributed by atoms with van der Waals surface area (Å²) in [7, 11) is 0. The predicted octanol–water partition coefficient (Wildman–Crippen LogP) is 3.51. The van der Waals surface area contributed by atoms with Gasteiger partial charge in [-0.2, -0.15) is 0 Å². The molecule has 0 spiro atoms. The molecular weight excluding hydrogens is 198 g/mol. The normalized spacial score (nSPS) is 19.6. The zero-order valence-electron chi connectivity index (χ0n) is 7.65. The number of nitrogens with zero attached hydrogens (tertiary/aromatic N) is 3. The molecular formula is C10H10ClN3. The number of aryl methyl sites for hydroxylation is 1. The fourth-order valence-corrected chi connectivity index (χ4v) is 2.07. The Bertz CT molecular complexity index is 396. The molecule has 3 nitrogen and oxygen atoms in total. The summed E-state index contributed by atoms with van der Waals surface area (Å²) in [6, 6.07) is 6.03. The minimum Gasteiger partial charge on any atom is -0.0903 e. The zero-order chi connectivity index (χ0) is 9.97. The smallest absolute Gasteiger partial charge is 0.0417 e. The molecule has 0 aromatic heterocycles. The highest BCUT2D eigenvalue weighted by Gasteiger charge is 2.17. The number of benzene rings is 1. The van der Waals surface area contributed by atoms with Crippen molar-refractivity contribution in [3.8, 4) is 0 Å². The maximum absolute atomic E-state index is 8.35. The fourth-order valence-electron chi connectivity index (χ4n) is 1.88. The van der Waals surface area contributed by atoms with E-state index in [0.717, 1.165) is 24.3 Å². The number of fused-ring (bicyclic) bond motifs is 1. The average molecular weight is 208 g/mol. The first kappa shape index (κ1) is 9.38. The van der Waals surface area contributed by atoms with Crippen molar-refractivity contribution < 1.29 is 0 Å². The average Bonchev–Trinajstić information content (AvgIpc) is 2.19. The van der Waals surface area contributed by atoms with Crippen molar-refractivity contribution in [2.75, 3.05) is 0 Å². The lowest BCUT2D eigenvalue weighted by Crippen LogP contribution is -2.16. The van der Waals surface area contributed by atoms with Gasteiger partial charge < -0.3 is 0 Å². The van der Waals surface area contributed by atoms with E-state index in [1.807, 2.05) is 18.2 Å². The number of rotatable bonds is 1. The summed E-state index contributed by atoms with van der Waals surface area (Å²) in [5, 5.41) is 4.54. The Balaban J connectivity index is 2.27. The number of halogens is 1. The monoisotopic (exact) mass is 207 g/mol. The van der Waals surface area contributed by atoms with Crippen molar-refractivity contribution in [1.82, 2.24) is 0 Å². The molecule has 1 atom stereocenters. The number of azide groups is 1. The SMILES string of the molecule is [N-]=[N+]=NC1CCc2cc(Cl)ccc2C1. The molecule has 2 rings (SSSR count). The number of hydrogen-bond donors (Lipinski definition) is 0. The molecule has 1 unspecified atom stereocenters. The Morgan fingerprint density at radius 3 is 3.07 bits per heavy atom. The van der Waals surface area contributed by atoms with Crippen LogP contribution in [0.5, 0.6) is 0 Å². The van der Waals surface area contributed by atoms with E-state index in [1.165, 1.54) is 11.1 Å². The van der Waals surface area contributed by atoms with Crippen LogP contribution in [0.15, 0.2) is 23.3 Å². The lowest BCUT2D eigenvalue weighted by molar-refractivity contribution is 0.574. The molecule has 0 bridgehead atoms. The van der Waals surface area contributed by atoms with E-state index < -0.39 is 0 Å². The van der Waals surface area contributed by atoms with E-state index in [2.05, 4.69) is 10.0 Å². The standard InChI is InChI=1S/C10H10ClN3/c11-9-3-1-8-6-10(13-14-12)4-2-7(8)5-9/h1,3,5,10H,2,4,6H2. The van der Waals surface area contributed by atoms with Crippen molar-refractivity contribution in [2.24, 2.45) is 5.11 Å². The molecule has 0 fully saturated rings. The highest BCUT2D eigenvalue weighted by Crippen LogP contribution is 2.25. The van der Waals surface area contributed by atoms with Gasteiger partial charge in [0.15, 0.2) is 0 Å². The van der Waals surface area contributed by atoms with Gasteiger partial charge >= 0.3 is 0 Å². The van der Waals surface area contributed by atoms with Crippen molar-refractivity contribution >= 4 is 11.6 Å². The van der Waals surface area contributed by atoms with E-state index in [0.29, 0.717) is 0 Å². The van der Waals surface area contributed by atoms with Gasteiger partial charge in [0.05, 0.1) is 0 Å². The molecule has 0 N–H and O–H groups in total. The molecule has 0 amide bonds. The Hall–Kier alpha value is -1.18. The van der Waals surface area contributed by atoms with Gasteiger partial charge in [0.1, 0.15) is 0 Å². The molecule has 0 saturated heterocycles. The van der Waals surface area contributed by atoms with Gasteiger partial charge in [0.25, 0.3) is 0 Å². The maximum Gasteiger partial charge on any atom is 0.0417 e. The minimum atomic E-state index is 0.119. The van der Waals surface area contributed by atoms with Crippen LogP contribution in [-0.4, -0.2) is 6.04 Å². The molecule has 1 aliphatic carbocycles. The van der Waals surface area contributed by atoms with Crippen LogP contribution in [0, 0.1) is 0 Å². The zero-order valence-corrected chi connectivity index (χ0v) is 8.41. The van der Waals surface area contributed by atoms with Crippen LogP contribution in [0.2, 0.25) is 5.02 Å². The fraction of sp³-hybridized carbons (Fsp3) is 0.400. The summed E-state index contributed by atoms with van der Waals surface area (Å²) in [5.41, 5.74) is 10.9. The van der Waals surface area contributed by atoms with E-state index >= 15 is 0 Å². The molecule has 1 aromatic carbocycles. The highest BCUT2D eigenvalue weighted by atomic mass is 35.5. The van der Waals surface area contributed by atoms with Crippen molar-refractivity contribution in [1.29, 1.82) is 0 Å². The van der Waals surface area contributed by atoms with Crippen LogP contribution in [0.4, 0.5) is 0 Å². The Labute approximate surface area is 87.3 Å². The van der Waals surface area contributed by atoms with Crippen LogP contribution in [-0.2, 0) is 12.8 Å². The van der Waals surface area contributed by atoms with E-state index in [1.54, 1.807) is 0 Å². The van der Waals surface area contributed by atoms with E-state index in [4.69, 9.17) is 17.1 Å². The molecule has 0 radical (unpaired) electrons. The molecule has 1 aromatic rings. The van der Waals surface area contributed by atoms with Crippen LogP contribution in [0.1, 0.15) is 17.5 Å². The van der Waals surface area contributed by atoms with Gasteiger partial charge in [-0.25, -0.2) is 0 Å². The van der Waals surface area contributed by atoms with Gasteiger partial charge in [-0.1, -0.05) is 22.8 Å². The molecule has 0 saturated carbocycles. The van der Waals surface area contributed by atoms with Crippen LogP contribution < -0.4 is 0 Å². The summed E-state index contributed by atoms with van der Waals surface area (Å²) in [4.78, 5) is 2.85. The third kappa shape index (κ3) is 1.84. The van der Waals surface area contributed by atoms with Crippen molar-refractivity contribution in [2.45, 2.75) is 25.3 Å². The summed E-state index contributed by atoms with van der Waals surface area (Å²) in [6.07, 6.45) is 2.73. The van der Waals surface area contributed by atoms with E-state index in [9.17, 15) is 0 Å². The Morgan fingerprint density at radius 2 is 2.29 bits per heavy atom. The second kappa shape index (κ2) is 3.91. The molecule has 14 heavy (non-hydrogen) atoms. The lowest BCUT2D eigenvalue weighted by atomic mass is 9.89. The van der Waals surface area contributed by atoms with Gasteiger partial charge in [0.2, 0.25) is 0 Å². The summed E-state index contributed by atoms with van der Waals surface area (Å²) in [5.74, 6) is 0. The van der Waals surface area contributed by atoms with E-state index in [-0.39, 0.29) is 6.04 Å². The molecule has 1 aliphatic rings. The van der Waals surface area contributed by atoms with Gasteiger partial charge in [-0.3, -0.25) is 0 Å². The topological polar surface area (TPSA) is 48.8 Å². The van der Waals surface area contributed by atoms with Gasteiger partial charge in [-0.15, -0.1) is 0 Å². The quantitative estimate of drug-likeness (QED) is 0.385. The predicted molar refractivity (Wildman–Crippen MR) is 56.4 cm³/mol. The van der Waals surface area contributed by atoms with Crippen LogP contribution in [0.25, 0.3) is 10.4 Å². The maximum atomic E-state index is 8.35. The summed E-state index contributed by atoms with van der Waals surface area (Å²) >= 11 is 5.89. The molecule has 0 heterocycles. The third-order valence-corrected chi connectivity index (χ3v) is 2.82. The first-order valence-electron chi connectivity index (χ1n) is 4.61. The Morgan fingerprint density at radius 1 is 1.43 bits per heavy atom. The van der Waals surface area contributed by atoms with Crippen LogP contribution >= 0.6 is 11.6 Å². The summed E-state index contributed by atoms with van der Waals surface area (Å²) < 4.78 is 0.